The number of rotatable bonds is 2. The lowest BCUT2D eigenvalue weighted by Crippen LogP contribution is -2.29. The van der Waals surface area contributed by atoms with E-state index in [-0.39, 0.29) is 34.4 Å². The molecule has 1 nitrogen and oxygen atoms in total. The van der Waals surface area contributed by atoms with Crippen molar-refractivity contribution in [1.82, 2.24) is 0 Å². The number of halogens is 12. The highest BCUT2D eigenvalue weighted by Crippen LogP contribution is 2.58. The number of alkyl halides is 12. The average Bonchev–Trinajstić information content (AvgIpc) is 3.40. The van der Waals surface area contributed by atoms with Crippen molar-refractivity contribution in [3.8, 4) is 33.4 Å². The van der Waals surface area contributed by atoms with E-state index in [9.17, 15) is 52.7 Å². The minimum absolute atomic E-state index is 0.0115. The van der Waals surface area contributed by atoms with Crippen LogP contribution in [0.15, 0.2) is 121 Å². The first-order valence-corrected chi connectivity index (χ1v) is 16.1. The topological polar surface area (TPSA) is 12.0 Å². The smallest absolute Gasteiger partial charge is 0.356 e. The summed E-state index contributed by atoms with van der Waals surface area (Å²) in [4.78, 5) is 0. The molecule has 274 valence electrons. The minimum atomic E-state index is -5.11. The molecule has 0 unspecified atom stereocenters. The standard InChI is InChI=1S/C41H21F12N/c42-38(43,44)27-13-23(14-28(19-27)39(45,46)47)21-1-11-33-34-12-2-22(24-15-29(40(48,49)50)20-30(16-24)41(51,52)53)18-36(34)37(35(33)17-21)25-3-7-31(8-4-25)54-32-9-5-26(37)6-10-32/h1-20,54H. The van der Waals surface area contributed by atoms with Gasteiger partial charge in [0, 0.05) is 11.4 Å². The van der Waals surface area contributed by atoms with Gasteiger partial charge in [-0.25, -0.2) is 0 Å². The predicted octanol–water partition coefficient (Wildman–Crippen LogP) is 13.5. The van der Waals surface area contributed by atoms with Gasteiger partial charge in [0.1, 0.15) is 0 Å². The fourth-order valence-electron chi connectivity index (χ4n) is 7.49. The van der Waals surface area contributed by atoms with E-state index in [1.165, 1.54) is 24.3 Å². The second-order valence-corrected chi connectivity index (χ2v) is 13.1. The van der Waals surface area contributed by atoms with Gasteiger partial charge >= 0.3 is 24.7 Å². The van der Waals surface area contributed by atoms with Gasteiger partial charge in [0.15, 0.2) is 0 Å². The lowest BCUT2D eigenvalue weighted by Gasteiger charge is -2.35. The number of benzene rings is 6. The Morgan fingerprint density at radius 1 is 0.333 bits per heavy atom. The van der Waals surface area contributed by atoms with Crippen LogP contribution in [-0.4, -0.2) is 0 Å². The van der Waals surface area contributed by atoms with Crippen LogP contribution in [-0.2, 0) is 30.1 Å². The van der Waals surface area contributed by atoms with Gasteiger partial charge in [-0.3, -0.25) is 0 Å². The number of hydrogen-bond donors (Lipinski definition) is 1. The van der Waals surface area contributed by atoms with Gasteiger partial charge in [0.05, 0.1) is 27.7 Å². The highest BCUT2D eigenvalue weighted by molar-refractivity contribution is 5.90. The van der Waals surface area contributed by atoms with Crippen LogP contribution in [0, 0.1) is 0 Å². The zero-order valence-corrected chi connectivity index (χ0v) is 27.1. The summed E-state index contributed by atoms with van der Waals surface area (Å²) in [6, 6.07) is 25.4. The fourth-order valence-corrected chi connectivity index (χ4v) is 7.49. The van der Waals surface area contributed by atoms with Gasteiger partial charge in [-0.1, -0.05) is 48.5 Å². The third-order valence-corrected chi connectivity index (χ3v) is 9.90. The van der Waals surface area contributed by atoms with Crippen LogP contribution in [0.4, 0.5) is 64.1 Å². The van der Waals surface area contributed by atoms with Gasteiger partial charge in [0.25, 0.3) is 0 Å². The largest absolute Gasteiger partial charge is 0.416 e. The number of hydrogen-bond acceptors (Lipinski definition) is 1. The first-order chi connectivity index (χ1) is 25.2. The Labute approximate surface area is 298 Å². The molecule has 0 atom stereocenters. The van der Waals surface area contributed by atoms with Crippen molar-refractivity contribution in [2.45, 2.75) is 30.1 Å². The van der Waals surface area contributed by atoms with Crippen molar-refractivity contribution in [2.24, 2.45) is 0 Å². The molecule has 0 radical (unpaired) electrons. The molecular formula is C41H21F12N. The molecule has 1 aliphatic carbocycles. The minimum Gasteiger partial charge on any atom is -0.356 e. The van der Waals surface area contributed by atoms with Crippen molar-refractivity contribution in [1.29, 1.82) is 0 Å². The molecule has 6 aromatic carbocycles. The van der Waals surface area contributed by atoms with Crippen molar-refractivity contribution in [3.05, 3.63) is 166 Å². The molecule has 0 amide bonds. The van der Waals surface area contributed by atoms with Crippen molar-refractivity contribution in [2.75, 3.05) is 5.32 Å². The Morgan fingerprint density at radius 3 is 0.944 bits per heavy atom. The summed E-state index contributed by atoms with van der Waals surface area (Å²) in [6.07, 6.45) is -20.4. The predicted molar refractivity (Wildman–Crippen MR) is 178 cm³/mol. The Morgan fingerprint density at radius 2 is 0.648 bits per heavy atom. The van der Waals surface area contributed by atoms with E-state index < -0.39 is 52.4 Å². The molecule has 4 aliphatic heterocycles. The summed E-state index contributed by atoms with van der Waals surface area (Å²) in [6.45, 7) is 0. The highest BCUT2D eigenvalue weighted by atomic mass is 19.4. The van der Waals surface area contributed by atoms with Crippen LogP contribution >= 0.6 is 0 Å². The van der Waals surface area contributed by atoms with Crippen LogP contribution in [0.5, 0.6) is 0 Å². The summed E-state index contributed by atoms with van der Waals surface area (Å²) in [5.41, 5.74) is -3.79. The average molecular weight is 756 g/mol. The Bertz CT molecular complexity index is 2210. The van der Waals surface area contributed by atoms with Crippen LogP contribution in [0.1, 0.15) is 44.5 Å². The second kappa shape index (κ2) is 11.6. The SMILES string of the molecule is FC(F)(F)c1cc(-c2ccc3c(c2)C2(c4ccc(cc4)Nc4ccc2cc4)c2cc(-c4cc(C(F)(F)F)cc(C(F)(F)F)c4)ccc2-3)cc(C(F)(F)F)c1. The molecule has 5 aliphatic rings. The second-order valence-electron chi connectivity index (χ2n) is 13.1. The van der Waals surface area contributed by atoms with Gasteiger partial charge in [-0.05, 0) is 128 Å². The van der Waals surface area contributed by atoms with E-state index in [0.717, 1.165) is 0 Å². The molecule has 0 saturated carbocycles. The van der Waals surface area contributed by atoms with E-state index in [2.05, 4.69) is 5.32 Å². The van der Waals surface area contributed by atoms with Crippen LogP contribution in [0.25, 0.3) is 33.4 Å². The summed E-state index contributed by atoms with van der Waals surface area (Å²) in [7, 11) is 0. The molecule has 4 bridgehead atoms. The number of nitrogens with one attached hydrogen (secondary N) is 1. The van der Waals surface area contributed by atoms with Gasteiger partial charge in [0.2, 0.25) is 0 Å². The third-order valence-electron chi connectivity index (χ3n) is 9.90. The van der Waals surface area contributed by atoms with Crippen LogP contribution in [0.2, 0.25) is 0 Å². The first kappa shape index (κ1) is 35.3. The summed E-state index contributed by atoms with van der Waals surface area (Å²) < 4.78 is 167. The van der Waals surface area contributed by atoms with Crippen LogP contribution < -0.4 is 5.32 Å². The van der Waals surface area contributed by atoms with E-state index in [1.807, 2.05) is 0 Å². The van der Waals surface area contributed by atoms with Crippen molar-refractivity contribution in [3.63, 3.8) is 0 Å². The molecule has 13 heteroatoms. The third kappa shape index (κ3) is 5.77. The maximum atomic E-state index is 13.9. The summed E-state index contributed by atoms with van der Waals surface area (Å²) in [5, 5.41) is 3.24. The zero-order valence-electron chi connectivity index (χ0n) is 27.1. The highest BCUT2D eigenvalue weighted by Gasteiger charge is 2.47. The lowest BCUT2D eigenvalue weighted by atomic mass is 9.67. The number of fused-ring (bicyclic) bond motifs is 3. The summed E-state index contributed by atoms with van der Waals surface area (Å²) >= 11 is 0. The van der Waals surface area contributed by atoms with Gasteiger partial charge in [-0.2, -0.15) is 52.7 Å². The van der Waals surface area contributed by atoms with Crippen molar-refractivity contribution >= 4 is 11.4 Å². The molecule has 54 heavy (non-hydrogen) atoms. The molecule has 11 rings (SSSR count). The zero-order chi connectivity index (χ0) is 38.6. The Hall–Kier alpha value is -5.72. The molecule has 0 aromatic heterocycles. The van der Waals surface area contributed by atoms with Crippen LogP contribution in [0.3, 0.4) is 0 Å². The first-order valence-electron chi connectivity index (χ1n) is 16.1. The fraction of sp³-hybridized carbons (Fsp3) is 0.122. The van der Waals surface area contributed by atoms with Gasteiger partial charge in [-0.15, -0.1) is 0 Å². The molecule has 6 aromatic rings. The maximum absolute atomic E-state index is 13.9. The Kier molecular flexibility index (Phi) is 7.61. The van der Waals surface area contributed by atoms with E-state index in [4.69, 9.17) is 0 Å². The lowest BCUT2D eigenvalue weighted by molar-refractivity contribution is -0.144. The molecule has 1 spiro atoms. The Balaban J connectivity index is 1.43. The molecule has 4 heterocycles. The van der Waals surface area contributed by atoms with E-state index >= 15 is 0 Å². The van der Waals surface area contributed by atoms with Crippen molar-refractivity contribution < 1.29 is 52.7 Å². The normalized spacial score (nSPS) is 14.6. The monoisotopic (exact) mass is 755 g/mol. The quantitative estimate of drug-likeness (QED) is 0.173. The van der Waals surface area contributed by atoms with E-state index in [0.29, 0.717) is 69.0 Å². The molecule has 0 saturated heterocycles. The van der Waals surface area contributed by atoms with E-state index in [1.54, 1.807) is 60.7 Å². The summed E-state index contributed by atoms with van der Waals surface area (Å²) in [5.74, 6) is 0. The number of anilines is 2. The maximum Gasteiger partial charge on any atom is 0.416 e. The molecule has 1 N–H and O–H groups in total. The molecule has 0 fully saturated rings. The van der Waals surface area contributed by atoms with Gasteiger partial charge < -0.3 is 5.32 Å². The molecular weight excluding hydrogens is 734 g/mol.